The lowest BCUT2D eigenvalue weighted by Gasteiger charge is -2.45. The standard InChI is InChI=1S/C43H69N3O10/c1-11-34-43(9,53)37(49)30(7)46(20-14-19-45(10)41(51)44-33-18-17-31-15-12-13-16-32(31)22-33)24-25(2)23-42(8,52)38(28(5)36(48)29(6)39(50)55-34)56-40-35(47)26(3)21-27(4)54-40/h12-13,15-18,22,25-30,34-38,40,47-49,52-53H,11,14,19-21,23-24H2,1-10H3,(H,44,51)/t25-,26-,27+,28+,29-,30-,34-,35+,36+,37-,38-,40-,42-,43-/m1/s1. The molecule has 2 aromatic carbocycles. The van der Waals surface area contributed by atoms with Gasteiger partial charge in [0.05, 0.1) is 29.8 Å². The van der Waals surface area contributed by atoms with E-state index in [1.807, 2.05) is 68.1 Å². The van der Waals surface area contributed by atoms with Gasteiger partial charge >= 0.3 is 12.0 Å². The summed E-state index contributed by atoms with van der Waals surface area (Å²) in [5, 5.41) is 63.7. The summed E-state index contributed by atoms with van der Waals surface area (Å²) in [4.78, 5) is 30.4. The van der Waals surface area contributed by atoms with Crippen molar-refractivity contribution < 1.29 is 49.3 Å². The van der Waals surface area contributed by atoms with Crippen LogP contribution in [0.4, 0.5) is 10.5 Å². The molecule has 2 fully saturated rings. The molecule has 2 aliphatic heterocycles. The van der Waals surface area contributed by atoms with Crippen LogP contribution < -0.4 is 5.32 Å². The van der Waals surface area contributed by atoms with E-state index in [4.69, 9.17) is 14.2 Å². The van der Waals surface area contributed by atoms with Crippen LogP contribution >= 0.6 is 0 Å². The van der Waals surface area contributed by atoms with Crippen molar-refractivity contribution in [3.63, 3.8) is 0 Å². The van der Waals surface area contributed by atoms with Crippen LogP contribution in [-0.2, 0) is 19.0 Å². The van der Waals surface area contributed by atoms with Gasteiger partial charge in [0.1, 0.15) is 23.9 Å². The Morgan fingerprint density at radius 1 is 1.00 bits per heavy atom. The van der Waals surface area contributed by atoms with Crippen molar-refractivity contribution in [2.45, 2.75) is 148 Å². The molecule has 0 unspecified atom stereocenters. The number of carbonyl (C=O) groups is 2. The maximum atomic E-state index is 13.6. The van der Waals surface area contributed by atoms with E-state index in [0.29, 0.717) is 38.2 Å². The summed E-state index contributed by atoms with van der Waals surface area (Å²) < 4.78 is 18.3. The largest absolute Gasteiger partial charge is 0.459 e. The first-order valence-electron chi connectivity index (χ1n) is 20.4. The third kappa shape index (κ3) is 11.0. The first-order chi connectivity index (χ1) is 26.2. The predicted octanol–water partition coefficient (Wildman–Crippen LogP) is 4.76. The molecule has 0 aromatic heterocycles. The number of benzene rings is 2. The van der Waals surface area contributed by atoms with Crippen molar-refractivity contribution in [1.29, 1.82) is 0 Å². The number of fused-ring (bicyclic) bond motifs is 1. The molecule has 2 amide bonds. The van der Waals surface area contributed by atoms with Gasteiger partial charge in [-0.1, -0.05) is 58.0 Å². The van der Waals surface area contributed by atoms with E-state index < -0.39 is 71.9 Å². The number of nitrogens with one attached hydrogen (secondary N) is 1. The second kappa shape index (κ2) is 19.2. The highest BCUT2D eigenvalue weighted by Crippen LogP contribution is 2.37. The number of aliphatic hydroxyl groups excluding tert-OH is 3. The number of carbonyl (C=O) groups excluding carboxylic acids is 2. The zero-order valence-corrected chi connectivity index (χ0v) is 35.1. The Morgan fingerprint density at radius 3 is 2.32 bits per heavy atom. The van der Waals surface area contributed by atoms with Crippen molar-refractivity contribution in [3.8, 4) is 0 Å². The summed E-state index contributed by atoms with van der Waals surface area (Å²) >= 11 is 0. The number of anilines is 1. The minimum atomic E-state index is -1.86. The molecule has 13 nitrogen and oxygen atoms in total. The van der Waals surface area contributed by atoms with Crippen LogP contribution in [0.15, 0.2) is 42.5 Å². The quantitative estimate of drug-likeness (QED) is 0.203. The van der Waals surface area contributed by atoms with Gasteiger partial charge in [0.2, 0.25) is 0 Å². The van der Waals surface area contributed by atoms with Crippen LogP contribution in [0.1, 0.15) is 88.0 Å². The Kier molecular flexibility index (Phi) is 15.7. The molecule has 316 valence electrons. The number of hydrogen-bond acceptors (Lipinski definition) is 11. The molecule has 14 atom stereocenters. The third-order valence-corrected chi connectivity index (χ3v) is 12.2. The lowest BCUT2D eigenvalue weighted by Crippen LogP contribution is -2.59. The summed E-state index contributed by atoms with van der Waals surface area (Å²) in [5.41, 5.74) is -2.76. The van der Waals surface area contributed by atoms with Crippen molar-refractivity contribution in [1.82, 2.24) is 9.80 Å². The Hall–Kier alpha value is -2.88. The number of ether oxygens (including phenoxy) is 3. The highest BCUT2D eigenvalue weighted by atomic mass is 16.7. The van der Waals surface area contributed by atoms with Crippen LogP contribution in [0, 0.1) is 23.7 Å². The topological polar surface area (TPSA) is 181 Å². The average molecular weight is 788 g/mol. The van der Waals surface area contributed by atoms with Crippen molar-refractivity contribution in [3.05, 3.63) is 42.5 Å². The van der Waals surface area contributed by atoms with Gasteiger partial charge in [0.25, 0.3) is 0 Å². The van der Waals surface area contributed by atoms with Gasteiger partial charge in [-0.05, 0) is 95.0 Å². The van der Waals surface area contributed by atoms with Gasteiger partial charge in [-0.3, -0.25) is 9.69 Å². The van der Waals surface area contributed by atoms with Crippen LogP contribution in [0.3, 0.4) is 0 Å². The maximum absolute atomic E-state index is 13.6. The van der Waals surface area contributed by atoms with Gasteiger partial charge < -0.3 is 50.0 Å². The minimum Gasteiger partial charge on any atom is -0.459 e. The molecule has 0 saturated carbocycles. The number of hydrogen-bond donors (Lipinski definition) is 6. The van der Waals surface area contributed by atoms with Crippen molar-refractivity contribution >= 4 is 28.5 Å². The zero-order chi connectivity index (χ0) is 41.7. The second-order valence-corrected chi connectivity index (χ2v) is 17.4. The predicted molar refractivity (Wildman–Crippen MR) is 216 cm³/mol. The first kappa shape index (κ1) is 45.8. The Morgan fingerprint density at radius 2 is 1.66 bits per heavy atom. The smallest absolute Gasteiger partial charge is 0.321 e. The molecule has 0 spiro atoms. The summed E-state index contributed by atoms with van der Waals surface area (Å²) in [6.07, 6.45) is -5.59. The van der Waals surface area contributed by atoms with Crippen LogP contribution in [0.2, 0.25) is 0 Å². The summed E-state index contributed by atoms with van der Waals surface area (Å²) in [7, 11) is 1.72. The summed E-state index contributed by atoms with van der Waals surface area (Å²) in [6, 6.07) is 12.8. The fourth-order valence-electron chi connectivity index (χ4n) is 8.75. The number of cyclic esters (lactones) is 1. The number of amides is 2. The zero-order valence-electron chi connectivity index (χ0n) is 35.1. The molecule has 2 saturated heterocycles. The summed E-state index contributed by atoms with van der Waals surface area (Å²) in [6.45, 7) is 16.8. The van der Waals surface area contributed by atoms with Crippen LogP contribution in [0.25, 0.3) is 10.8 Å². The first-order valence-corrected chi connectivity index (χ1v) is 20.4. The van der Waals surface area contributed by atoms with Gasteiger partial charge in [0, 0.05) is 44.3 Å². The van der Waals surface area contributed by atoms with Gasteiger partial charge in [-0.25, -0.2) is 4.79 Å². The van der Waals surface area contributed by atoms with Crippen LogP contribution in [0.5, 0.6) is 0 Å². The minimum absolute atomic E-state index is 0.131. The lowest BCUT2D eigenvalue weighted by molar-refractivity contribution is -0.298. The molecule has 0 bridgehead atoms. The molecule has 56 heavy (non-hydrogen) atoms. The van der Waals surface area contributed by atoms with E-state index in [2.05, 4.69) is 5.32 Å². The second-order valence-electron chi connectivity index (χ2n) is 17.4. The van der Waals surface area contributed by atoms with Crippen molar-refractivity contribution in [2.75, 3.05) is 32.0 Å². The van der Waals surface area contributed by atoms with E-state index in [-0.39, 0.29) is 36.8 Å². The molecule has 13 heteroatoms. The number of nitrogens with zero attached hydrogens (tertiary/aromatic N) is 2. The molecule has 0 aliphatic carbocycles. The van der Waals surface area contributed by atoms with E-state index in [1.54, 1.807) is 39.6 Å². The maximum Gasteiger partial charge on any atom is 0.321 e. The summed E-state index contributed by atoms with van der Waals surface area (Å²) in [5.74, 6) is -3.03. The Bertz CT molecular complexity index is 1590. The highest BCUT2D eigenvalue weighted by molar-refractivity contribution is 5.93. The number of rotatable bonds is 8. The Labute approximate surface area is 333 Å². The van der Waals surface area contributed by atoms with Gasteiger partial charge in [-0.2, -0.15) is 0 Å². The third-order valence-electron chi connectivity index (χ3n) is 12.2. The molecule has 6 N–H and O–H groups in total. The molecule has 2 aliphatic rings. The molecule has 2 aromatic rings. The van der Waals surface area contributed by atoms with Gasteiger partial charge in [-0.15, -0.1) is 0 Å². The van der Waals surface area contributed by atoms with Gasteiger partial charge in [0.15, 0.2) is 6.29 Å². The SMILES string of the molecule is CC[C@H]1OC(=O)[C@H](C)[C@@H](O)[C@H](C)[C@@H](O[C@H]2O[C@@H](C)C[C@@H](C)[C@@H]2O)[C@](C)(O)C[C@@H](C)CN(CCCN(C)C(=O)Nc2ccc3ccccc3c2)[C@H](C)[C@@H](O)[C@]1(C)O. The number of aliphatic hydroxyl groups is 5. The van der Waals surface area contributed by atoms with E-state index >= 15 is 0 Å². The number of esters is 1. The normalized spacial score (nSPS) is 38.3. The fourth-order valence-corrected chi connectivity index (χ4v) is 8.75. The lowest BCUT2D eigenvalue weighted by atomic mass is 9.78. The highest BCUT2D eigenvalue weighted by Gasteiger charge is 2.49. The molecule has 4 rings (SSSR count). The van der Waals surface area contributed by atoms with Crippen molar-refractivity contribution in [2.24, 2.45) is 23.7 Å². The molecular weight excluding hydrogens is 718 g/mol. The number of urea groups is 1. The monoisotopic (exact) mass is 787 g/mol. The van der Waals surface area contributed by atoms with E-state index in [1.165, 1.54) is 13.8 Å². The average Bonchev–Trinajstić information content (AvgIpc) is 3.14. The van der Waals surface area contributed by atoms with Crippen LogP contribution in [-0.4, -0.2) is 134 Å². The molecule has 2 heterocycles. The van der Waals surface area contributed by atoms with E-state index in [9.17, 15) is 35.1 Å². The fraction of sp³-hybridized carbons (Fsp3) is 0.721. The Balaban J connectivity index is 1.58. The molecule has 0 radical (unpaired) electrons. The van der Waals surface area contributed by atoms with E-state index in [0.717, 1.165) is 10.8 Å². The molecular formula is C43H69N3O10.